The Bertz CT molecular complexity index is 545. The predicted octanol–water partition coefficient (Wildman–Crippen LogP) is 0.728. The second kappa shape index (κ2) is 7.44. The molecular weight excluding hydrogens is 334 g/mol. The van der Waals surface area contributed by atoms with Crippen LogP contribution in [0.2, 0.25) is 0 Å². The summed E-state index contributed by atoms with van der Waals surface area (Å²) in [6.07, 6.45) is 4.39. The van der Waals surface area contributed by atoms with E-state index in [0.717, 1.165) is 45.3 Å². The van der Waals surface area contributed by atoms with Crippen molar-refractivity contribution in [2.45, 2.75) is 76.4 Å². The second-order valence-corrected chi connectivity index (χ2v) is 8.22. The van der Waals surface area contributed by atoms with Gasteiger partial charge in [0.05, 0.1) is 18.7 Å². The molecule has 3 aliphatic heterocycles. The lowest BCUT2D eigenvalue weighted by Gasteiger charge is -2.54. The Kier molecular flexibility index (Phi) is 5.21. The van der Waals surface area contributed by atoms with Crippen LogP contribution in [0, 0.1) is 5.92 Å². The van der Waals surface area contributed by atoms with Crippen molar-refractivity contribution in [3.63, 3.8) is 0 Å². The highest BCUT2D eigenvalue weighted by atomic mass is 16.5. The first-order chi connectivity index (χ1) is 12.6. The van der Waals surface area contributed by atoms with Gasteiger partial charge in [0.2, 0.25) is 5.91 Å². The zero-order chi connectivity index (χ0) is 18.3. The van der Waals surface area contributed by atoms with Crippen LogP contribution in [-0.4, -0.2) is 78.4 Å². The molecule has 3 saturated heterocycles. The van der Waals surface area contributed by atoms with Gasteiger partial charge in [0.1, 0.15) is 12.3 Å². The third-order valence-electron chi connectivity index (χ3n) is 6.54. The molecule has 7 heteroatoms. The van der Waals surface area contributed by atoms with Gasteiger partial charge in [0.25, 0.3) is 5.91 Å². The first-order valence-corrected chi connectivity index (χ1v) is 10.1. The average molecular weight is 365 g/mol. The molecule has 1 N–H and O–H groups in total. The maximum atomic E-state index is 13.2. The molecule has 6 atom stereocenters. The molecule has 0 spiro atoms. The summed E-state index contributed by atoms with van der Waals surface area (Å²) in [5.74, 6) is 0.625. The van der Waals surface area contributed by atoms with E-state index >= 15 is 0 Å². The average Bonchev–Trinajstić information content (AvgIpc) is 3.33. The fourth-order valence-corrected chi connectivity index (χ4v) is 5.44. The van der Waals surface area contributed by atoms with E-state index < -0.39 is 0 Å². The van der Waals surface area contributed by atoms with E-state index in [1.54, 1.807) is 6.92 Å². The largest absolute Gasteiger partial charge is 0.368 e. The Balaban J connectivity index is 1.56. The van der Waals surface area contributed by atoms with Crippen LogP contribution in [-0.2, 0) is 19.1 Å². The molecule has 0 bridgehead atoms. The van der Waals surface area contributed by atoms with Gasteiger partial charge in [-0.2, -0.15) is 0 Å². The highest BCUT2D eigenvalue weighted by Gasteiger charge is 2.48. The van der Waals surface area contributed by atoms with Crippen LogP contribution in [0.1, 0.15) is 46.0 Å². The highest BCUT2D eigenvalue weighted by Crippen LogP contribution is 2.38. The third-order valence-corrected chi connectivity index (χ3v) is 6.54. The van der Waals surface area contributed by atoms with Crippen molar-refractivity contribution in [1.82, 2.24) is 15.1 Å². The van der Waals surface area contributed by atoms with Crippen molar-refractivity contribution >= 4 is 11.8 Å². The number of carbonyl (C=O) groups is 2. The summed E-state index contributed by atoms with van der Waals surface area (Å²) in [6, 6.07) is 0.229. The number of hydrogen-bond acceptors (Lipinski definition) is 5. The molecule has 1 saturated carbocycles. The summed E-state index contributed by atoms with van der Waals surface area (Å²) in [5, 5.41) is 3.43. The van der Waals surface area contributed by atoms with E-state index in [-0.39, 0.29) is 42.3 Å². The molecule has 1 aliphatic carbocycles. The highest BCUT2D eigenvalue weighted by molar-refractivity contribution is 5.82. The minimum Gasteiger partial charge on any atom is -0.368 e. The van der Waals surface area contributed by atoms with Gasteiger partial charge >= 0.3 is 0 Å². The van der Waals surface area contributed by atoms with Crippen molar-refractivity contribution in [1.29, 1.82) is 0 Å². The zero-order valence-electron chi connectivity index (χ0n) is 15.9. The monoisotopic (exact) mass is 365 g/mol. The fourth-order valence-electron chi connectivity index (χ4n) is 5.44. The third kappa shape index (κ3) is 3.25. The molecule has 0 aromatic rings. The molecule has 0 aromatic heterocycles. The number of fused-ring (bicyclic) bond motifs is 1. The van der Waals surface area contributed by atoms with Gasteiger partial charge in [0, 0.05) is 38.6 Å². The number of carbonyl (C=O) groups excluding carboxylic acids is 2. The van der Waals surface area contributed by atoms with Crippen molar-refractivity contribution in [2.24, 2.45) is 5.92 Å². The first kappa shape index (κ1) is 18.2. The summed E-state index contributed by atoms with van der Waals surface area (Å²) in [6.45, 7) is 6.63. The van der Waals surface area contributed by atoms with E-state index in [1.807, 2.05) is 9.80 Å². The fraction of sp³-hybridized carbons (Fsp3) is 0.895. The number of nitrogens with one attached hydrogen (secondary N) is 1. The predicted molar refractivity (Wildman–Crippen MR) is 95.3 cm³/mol. The molecule has 26 heavy (non-hydrogen) atoms. The SMILES string of the molecule is CC(=O)N1C(C)CN(C(=O)C2CCCO2)C2CC(C3NCCO3)CCC21. The van der Waals surface area contributed by atoms with Crippen LogP contribution in [0.4, 0.5) is 0 Å². The number of nitrogens with zero attached hydrogens (tertiary/aromatic N) is 2. The Hall–Kier alpha value is -1.18. The number of amides is 2. The van der Waals surface area contributed by atoms with Crippen LogP contribution in [0.25, 0.3) is 0 Å². The summed E-state index contributed by atoms with van der Waals surface area (Å²) in [7, 11) is 0. The summed E-state index contributed by atoms with van der Waals surface area (Å²) >= 11 is 0. The molecule has 0 radical (unpaired) electrons. The molecule has 2 amide bonds. The lowest BCUT2D eigenvalue weighted by atomic mass is 9.77. The maximum absolute atomic E-state index is 13.2. The van der Waals surface area contributed by atoms with Crippen molar-refractivity contribution in [2.75, 3.05) is 26.3 Å². The number of ether oxygens (including phenoxy) is 2. The molecular formula is C19H31N3O4. The lowest BCUT2D eigenvalue weighted by Crippen LogP contribution is -2.68. The molecule has 4 aliphatic rings. The van der Waals surface area contributed by atoms with Crippen LogP contribution in [0.3, 0.4) is 0 Å². The van der Waals surface area contributed by atoms with E-state index in [0.29, 0.717) is 19.1 Å². The second-order valence-electron chi connectivity index (χ2n) is 8.22. The quantitative estimate of drug-likeness (QED) is 0.781. The number of hydrogen-bond donors (Lipinski definition) is 1. The molecule has 7 nitrogen and oxygen atoms in total. The van der Waals surface area contributed by atoms with Crippen molar-refractivity contribution in [3.8, 4) is 0 Å². The van der Waals surface area contributed by atoms with Gasteiger partial charge in [-0.25, -0.2) is 0 Å². The minimum atomic E-state index is -0.298. The van der Waals surface area contributed by atoms with Gasteiger partial charge in [-0.15, -0.1) is 0 Å². The normalized spacial score (nSPS) is 40.5. The van der Waals surface area contributed by atoms with E-state index in [1.165, 1.54) is 0 Å². The van der Waals surface area contributed by atoms with E-state index in [2.05, 4.69) is 12.2 Å². The molecule has 6 unspecified atom stereocenters. The van der Waals surface area contributed by atoms with Crippen LogP contribution in [0.5, 0.6) is 0 Å². The lowest BCUT2D eigenvalue weighted by molar-refractivity contribution is -0.161. The Morgan fingerprint density at radius 1 is 1.08 bits per heavy atom. The Morgan fingerprint density at radius 3 is 2.58 bits per heavy atom. The standard InChI is InChI=1S/C19H31N3O4/c1-12-11-21(19(24)17-4-3-8-25-17)16-10-14(18-20-7-9-26-18)5-6-15(16)22(12)13(2)23/h12,14-18,20H,3-11H2,1-2H3. The van der Waals surface area contributed by atoms with Gasteiger partial charge in [-0.05, 0) is 39.0 Å². The van der Waals surface area contributed by atoms with Gasteiger partial charge in [-0.3, -0.25) is 14.9 Å². The summed E-state index contributed by atoms with van der Waals surface area (Å²) in [4.78, 5) is 29.5. The molecule has 146 valence electrons. The molecule has 3 heterocycles. The Morgan fingerprint density at radius 2 is 1.92 bits per heavy atom. The summed E-state index contributed by atoms with van der Waals surface area (Å²) < 4.78 is 11.5. The first-order valence-electron chi connectivity index (χ1n) is 10.1. The van der Waals surface area contributed by atoms with Crippen LogP contribution < -0.4 is 5.32 Å². The van der Waals surface area contributed by atoms with E-state index in [9.17, 15) is 9.59 Å². The maximum Gasteiger partial charge on any atom is 0.252 e. The van der Waals surface area contributed by atoms with E-state index in [4.69, 9.17) is 9.47 Å². The van der Waals surface area contributed by atoms with Gasteiger partial charge < -0.3 is 19.3 Å². The molecule has 0 aromatic carbocycles. The molecule has 4 rings (SSSR count). The van der Waals surface area contributed by atoms with Crippen LogP contribution in [0.15, 0.2) is 0 Å². The number of piperazine rings is 1. The minimum absolute atomic E-state index is 0.0523. The topological polar surface area (TPSA) is 71.1 Å². The molecule has 4 fully saturated rings. The number of rotatable bonds is 2. The van der Waals surface area contributed by atoms with Crippen molar-refractivity contribution in [3.05, 3.63) is 0 Å². The Labute approximate surface area is 155 Å². The zero-order valence-corrected chi connectivity index (χ0v) is 15.9. The summed E-state index contributed by atoms with van der Waals surface area (Å²) in [5.41, 5.74) is 0. The van der Waals surface area contributed by atoms with Crippen molar-refractivity contribution < 1.29 is 19.1 Å². The van der Waals surface area contributed by atoms with Gasteiger partial charge in [-0.1, -0.05) is 0 Å². The van der Waals surface area contributed by atoms with Crippen LogP contribution >= 0.6 is 0 Å². The smallest absolute Gasteiger partial charge is 0.252 e. The van der Waals surface area contributed by atoms with Gasteiger partial charge in [0.15, 0.2) is 0 Å².